The molecule has 0 unspecified atom stereocenters. The fourth-order valence-electron chi connectivity index (χ4n) is 4.67. The number of anilines is 1. The van der Waals surface area contributed by atoms with E-state index in [2.05, 4.69) is 30.6 Å². The van der Waals surface area contributed by atoms with Crippen LogP contribution in [-0.2, 0) is 6.54 Å². The van der Waals surface area contributed by atoms with Gasteiger partial charge in [0.05, 0.1) is 17.3 Å². The zero-order valence-electron chi connectivity index (χ0n) is 18.0. The Balaban J connectivity index is 1.52. The number of rotatable bonds is 5. The fourth-order valence-corrected chi connectivity index (χ4v) is 4.67. The van der Waals surface area contributed by atoms with Crippen LogP contribution in [0.25, 0.3) is 22.3 Å². The van der Waals surface area contributed by atoms with Gasteiger partial charge in [0.1, 0.15) is 5.69 Å². The molecule has 2 heterocycles. The van der Waals surface area contributed by atoms with E-state index in [0.29, 0.717) is 28.4 Å². The second-order valence-corrected chi connectivity index (χ2v) is 8.47. The first-order valence-electron chi connectivity index (χ1n) is 11.1. The Labute approximate surface area is 189 Å². The second kappa shape index (κ2) is 8.79. The molecule has 0 radical (unpaired) electrons. The van der Waals surface area contributed by atoms with Gasteiger partial charge in [0, 0.05) is 23.0 Å². The predicted octanol–water partition coefficient (Wildman–Crippen LogP) is 4.69. The maximum absolute atomic E-state index is 13.5. The van der Waals surface area contributed by atoms with Crippen molar-refractivity contribution >= 4 is 22.5 Å². The van der Waals surface area contributed by atoms with Crippen molar-refractivity contribution in [3.63, 3.8) is 0 Å². The van der Waals surface area contributed by atoms with Crippen LogP contribution in [0.2, 0.25) is 0 Å². The molecule has 2 aromatic carbocycles. The molecule has 8 heteroatoms. The Bertz CT molecular complexity index is 1420. The molecular formula is C25H23N5O3. The summed E-state index contributed by atoms with van der Waals surface area (Å²) < 4.78 is 6.73. The van der Waals surface area contributed by atoms with Gasteiger partial charge in [-0.3, -0.25) is 14.3 Å². The molecule has 2 N–H and O–H groups in total. The third kappa shape index (κ3) is 4.17. The molecule has 0 spiro atoms. The summed E-state index contributed by atoms with van der Waals surface area (Å²) in [5.74, 6) is -0.280. The van der Waals surface area contributed by atoms with Crippen LogP contribution in [0.1, 0.15) is 48.2 Å². The summed E-state index contributed by atoms with van der Waals surface area (Å²) in [6.45, 7) is 0.799. The van der Waals surface area contributed by atoms with E-state index in [1.54, 1.807) is 18.2 Å². The number of carbonyl (C=O) groups is 1. The molecule has 0 atom stereocenters. The van der Waals surface area contributed by atoms with Crippen molar-refractivity contribution in [2.45, 2.75) is 38.6 Å². The van der Waals surface area contributed by atoms with Gasteiger partial charge in [-0.1, -0.05) is 42.6 Å². The lowest BCUT2D eigenvalue weighted by Crippen LogP contribution is -2.21. The van der Waals surface area contributed by atoms with Crippen LogP contribution in [0.15, 0.2) is 57.8 Å². The third-order valence-electron chi connectivity index (χ3n) is 6.30. The lowest BCUT2D eigenvalue weighted by atomic mass is 9.89. The Morgan fingerprint density at radius 3 is 2.76 bits per heavy atom. The summed E-state index contributed by atoms with van der Waals surface area (Å²) in [5, 5.41) is 17.0. The highest BCUT2D eigenvalue weighted by molar-refractivity contribution is 6.08. The number of fused-ring (bicyclic) bond motifs is 1. The molecule has 1 amide bonds. The summed E-state index contributed by atoms with van der Waals surface area (Å²) >= 11 is 0. The third-order valence-corrected chi connectivity index (χ3v) is 6.30. The van der Waals surface area contributed by atoms with Gasteiger partial charge < -0.3 is 9.88 Å². The van der Waals surface area contributed by atoms with Crippen molar-refractivity contribution < 1.29 is 9.32 Å². The minimum atomic E-state index is -0.711. The smallest absolute Gasteiger partial charge is 0.336 e. The van der Waals surface area contributed by atoms with Crippen molar-refractivity contribution in [3.8, 4) is 17.5 Å². The molecule has 1 fully saturated rings. The van der Waals surface area contributed by atoms with Crippen LogP contribution in [0.5, 0.6) is 0 Å². The van der Waals surface area contributed by atoms with E-state index in [4.69, 9.17) is 0 Å². The van der Waals surface area contributed by atoms with Crippen LogP contribution in [0.4, 0.5) is 5.69 Å². The average molecular weight is 441 g/mol. The summed E-state index contributed by atoms with van der Waals surface area (Å²) in [6, 6.07) is 16.8. The number of para-hydroxylation sites is 1. The average Bonchev–Trinajstić information content (AvgIpc) is 3.44. The van der Waals surface area contributed by atoms with Gasteiger partial charge in [-0.15, -0.1) is 0 Å². The lowest BCUT2D eigenvalue weighted by Gasteiger charge is -2.23. The Morgan fingerprint density at radius 2 is 2.00 bits per heavy atom. The molecule has 0 aliphatic heterocycles. The number of hydrogen-bond acceptors (Lipinski definition) is 5. The molecule has 33 heavy (non-hydrogen) atoms. The van der Waals surface area contributed by atoms with Gasteiger partial charge in [-0.05, 0) is 49.1 Å². The summed E-state index contributed by atoms with van der Waals surface area (Å²) in [5.41, 5.74) is 2.82. The van der Waals surface area contributed by atoms with Crippen molar-refractivity contribution in [3.05, 3.63) is 70.3 Å². The SMILES string of the molecule is N#Cc1ccc(NC(=O)c2cc3ccccc3n2CC2CCCCC2)c(-c2noc(=O)[nH]2)c1. The van der Waals surface area contributed by atoms with Crippen LogP contribution in [-0.4, -0.2) is 20.6 Å². The minimum Gasteiger partial charge on any atom is -0.336 e. The van der Waals surface area contributed by atoms with Gasteiger partial charge >= 0.3 is 5.76 Å². The summed E-state index contributed by atoms with van der Waals surface area (Å²) in [7, 11) is 0. The van der Waals surface area contributed by atoms with Gasteiger partial charge in [-0.2, -0.15) is 5.26 Å². The molecule has 1 aliphatic rings. The molecule has 0 bridgehead atoms. The summed E-state index contributed by atoms with van der Waals surface area (Å²) in [4.78, 5) is 27.4. The first-order valence-corrected chi connectivity index (χ1v) is 11.1. The standard InChI is InChI=1S/C25H23N5O3/c26-14-17-10-11-20(19(12-17)23-28-25(32)33-29-23)27-24(31)22-13-18-8-4-5-9-21(18)30(22)15-16-6-2-1-3-7-16/h4-5,8-13,16H,1-3,6-7,15H2,(H,27,31)(H,28,29,32). The second-order valence-electron chi connectivity index (χ2n) is 8.47. The van der Waals surface area contributed by atoms with Crippen LogP contribution in [0.3, 0.4) is 0 Å². The van der Waals surface area contributed by atoms with E-state index in [1.165, 1.54) is 32.1 Å². The van der Waals surface area contributed by atoms with Gasteiger partial charge in [-0.25, -0.2) is 4.79 Å². The van der Waals surface area contributed by atoms with Crippen molar-refractivity contribution in [2.24, 2.45) is 5.92 Å². The normalized spacial score (nSPS) is 14.3. The highest BCUT2D eigenvalue weighted by Crippen LogP contribution is 2.30. The van der Waals surface area contributed by atoms with Crippen molar-refractivity contribution in [1.29, 1.82) is 5.26 Å². The lowest BCUT2D eigenvalue weighted by molar-refractivity contribution is 0.101. The number of carbonyl (C=O) groups excluding carboxylic acids is 1. The quantitative estimate of drug-likeness (QED) is 0.466. The van der Waals surface area contributed by atoms with Crippen LogP contribution < -0.4 is 11.1 Å². The number of aromatic amines is 1. The van der Waals surface area contributed by atoms with E-state index < -0.39 is 5.76 Å². The van der Waals surface area contributed by atoms with Crippen LogP contribution >= 0.6 is 0 Å². The number of nitrogens with one attached hydrogen (secondary N) is 2. The highest BCUT2D eigenvalue weighted by atomic mass is 16.5. The number of amides is 1. The van der Waals surface area contributed by atoms with E-state index in [-0.39, 0.29) is 11.7 Å². The molecule has 5 rings (SSSR count). The number of H-pyrrole nitrogens is 1. The largest absolute Gasteiger partial charge is 0.439 e. The molecular weight excluding hydrogens is 418 g/mol. The first kappa shape index (κ1) is 20.8. The van der Waals surface area contributed by atoms with E-state index in [9.17, 15) is 14.9 Å². The van der Waals surface area contributed by atoms with Gasteiger partial charge in [0.25, 0.3) is 5.91 Å². The first-order chi connectivity index (χ1) is 16.1. The monoisotopic (exact) mass is 441 g/mol. The minimum absolute atomic E-state index is 0.148. The van der Waals surface area contributed by atoms with Crippen molar-refractivity contribution in [2.75, 3.05) is 5.32 Å². The Morgan fingerprint density at radius 1 is 1.18 bits per heavy atom. The van der Waals surface area contributed by atoms with E-state index in [0.717, 1.165) is 17.4 Å². The molecule has 1 aliphatic carbocycles. The van der Waals surface area contributed by atoms with Crippen molar-refractivity contribution in [1.82, 2.24) is 14.7 Å². The number of benzene rings is 2. The predicted molar refractivity (Wildman–Crippen MR) is 124 cm³/mol. The number of nitriles is 1. The topological polar surface area (TPSA) is 117 Å². The Hall–Kier alpha value is -4.12. The number of hydrogen-bond donors (Lipinski definition) is 2. The maximum atomic E-state index is 13.5. The van der Waals surface area contributed by atoms with Gasteiger partial charge in [0.15, 0.2) is 5.82 Å². The zero-order valence-corrected chi connectivity index (χ0v) is 18.0. The zero-order chi connectivity index (χ0) is 22.8. The molecule has 0 saturated heterocycles. The van der Waals surface area contributed by atoms with Gasteiger partial charge in [0.2, 0.25) is 0 Å². The summed E-state index contributed by atoms with van der Waals surface area (Å²) in [6.07, 6.45) is 6.09. The maximum Gasteiger partial charge on any atom is 0.439 e. The fraction of sp³-hybridized carbons (Fsp3) is 0.280. The Kier molecular flexibility index (Phi) is 5.53. The molecule has 1 saturated carbocycles. The molecule has 4 aromatic rings. The molecule has 2 aromatic heterocycles. The van der Waals surface area contributed by atoms with E-state index >= 15 is 0 Å². The van der Waals surface area contributed by atoms with Crippen LogP contribution in [0, 0.1) is 17.2 Å². The highest BCUT2D eigenvalue weighted by Gasteiger charge is 2.22. The van der Waals surface area contributed by atoms with E-state index in [1.807, 2.05) is 30.3 Å². The number of nitrogens with zero attached hydrogens (tertiary/aromatic N) is 3. The molecule has 8 nitrogen and oxygen atoms in total. The number of aromatic nitrogens is 3. The molecule has 166 valence electrons.